The van der Waals surface area contributed by atoms with Crippen LogP contribution in [0.25, 0.3) is 0 Å². The quantitative estimate of drug-likeness (QED) is 0.381. The smallest absolute Gasteiger partial charge is 0.245 e. The number of ether oxygens (including phenoxy) is 1. The summed E-state index contributed by atoms with van der Waals surface area (Å²) in [6.07, 6.45) is 6.38. The molecule has 14 heteroatoms. The number of hydrogen-bond donors (Lipinski definition) is 4. The number of aliphatic hydroxyl groups excluding tert-OH is 1. The van der Waals surface area contributed by atoms with Crippen LogP contribution in [0.1, 0.15) is 38.5 Å². The van der Waals surface area contributed by atoms with E-state index in [1.165, 1.54) is 6.20 Å². The van der Waals surface area contributed by atoms with Crippen LogP contribution in [0.5, 0.6) is 5.88 Å². The molecule has 3 aliphatic heterocycles. The lowest BCUT2D eigenvalue weighted by Crippen LogP contribution is -2.58. The second-order valence-corrected chi connectivity index (χ2v) is 11.7. The minimum Gasteiger partial charge on any atom is -0.481 e. The number of nitrogens with zero attached hydrogens (tertiary/aromatic N) is 5. The fraction of sp³-hybridized carbons (Fsp3) is 0.609. The molecule has 0 aliphatic carbocycles. The van der Waals surface area contributed by atoms with Crippen molar-refractivity contribution in [1.29, 1.82) is 0 Å². The van der Waals surface area contributed by atoms with Gasteiger partial charge in [0.2, 0.25) is 21.9 Å². The molecule has 0 saturated carbocycles. The zero-order valence-electron chi connectivity index (χ0n) is 20.8. The first-order chi connectivity index (χ1) is 17.8. The van der Waals surface area contributed by atoms with E-state index in [1.54, 1.807) is 17.5 Å². The molecular weight excluding hydrogens is 503 g/mol. The van der Waals surface area contributed by atoms with Crippen molar-refractivity contribution in [2.24, 2.45) is 0 Å². The van der Waals surface area contributed by atoms with E-state index in [4.69, 9.17) is 9.72 Å². The van der Waals surface area contributed by atoms with E-state index in [0.717, 1.165) is 31.5 Å². The average molecular weight is 537 g/mol. The van der Waals surface area contributed by atoms with E-state index in [1.807, 2.05) is 11.9 Å². The highest BCUT2D eigenvalue weighted by Crippen LogP contribution is 2.40. The first-order valence-electron chi connectivity index (χ1n) is 12.5. The van der Waals surface area contributed by atoms with Gasteiger partial charge in [0.15, 0.2) is 0 Å². The van der Waals surface area contributed by atoms with Crippen molar-refractivity contribution < 1.29 is 22.7 Å². The summed E-state index contributed by atoms with van der Waals surface area (Å²) in [5, 5.41) is 12.7. The van der Waals surface area contributed by atoms with Crippen LogP contribution in [0.15, 0.2) is 29.4 Å². The number of hydrazine groups is 1. The van der Waals surface area contributed by atoms with Crippen molar-refractivity contribution in [3.05, 3.63) is 30.3 Å². The Balaban J connectivity index is 1.35. The van der Waals surface area contributed by atoms with Gasteiger partial charge in [-0.2, -0.15) is 14.3 Å². The summed E-state index contributed by atoms with van der Waals surface area (Å²) >= 11 is 0. The van der Waals surface area contributed by atoms with E-state index < -0.39 is 15.8 Å². The van der Waals surface area contributed by atoms with Crippen LogP contribution in [0.4, 0.5) is 16.2 Å². The van der Waals surface area contributed by atoms with Gasteiger partial charge in [-0.05, 0) is 31.7 Å². The van der Waals surface area contributed by atoms with Gasteiger partial charge in [0.25, 0.3) is 0 Å². The van der Waals surface area contributed by atoms with Crippen LogP contribution in [0.3, 0.4) is 0 Å². The highest BCUT2D eigenvalue weighted by molar-refractivity contribution is 7.89. The van der Waals surface area contributed by atoms with Crippen LogP contribution in [0.2, 0.25) is 0 Å². The Bertz CT molecular complexity index is 1210. The number of piperidine rings is 2. The van der Waals surface area contributed by atoms with Gasteiger partial charge in [-0.25, -0.2) is 18.2 Å². The van der Waals surface area contributed by atoms with Crippen molar-refractivity contribution in [1.82, 2.24) is 30.1 Å². The van der Waals surface area contributed by atoms with E-state index in [-0.39, 0.29) is 41.8 Å². The molecule has 2 bridgehead atoms. The first kappa shape index (κ1) is 26.0. The fourth-order valence-corrected chi connectivity index (χ4v) is 7.47. The molecule has 202 valence electrons. The third-order valence-electron chi connectivity index (χ3n) is 7.43. The minimum absolute atomic E-state index is 0.0115. The minimum atomic E-state index is -3.87. The number of aromatic nitrogens is 3. The van der Waals surface area contributed by atoms with Crippen LogP contribution >= 0.6 is 0 Å². The second kappa shape index (κ2) is 10.6. The van der Waals surface area contributed by atoms with Crippen LogP contribution in [0, 0.1) is 5.82 Å². The average Bonchev–Trinajstić information content (AvgIpc) is 3.34. The lowest BCUT2D eigenvalue weighted by Gasteiger charge is -2.49. The predicted molar refractivity (Wildman–Crippen MR) is 134 cm³/mol. The van der Waals surface area contributed by atoms with Crippen LogP contribution < -0.4 is 25.8 Å². The van der Waals surface area contributed by atoms with E-state index in [2.05, 4.69) is 26.1 Å². The SMILES string of the molecule is COc1cc(NC2CC(CO)NN2)nc(N(C)C2C[C@H]3CCC[C@@H](C2)N3S(=O)(=O)c2cncc(F)c2)n1. The second-order valence-electron chi connectivity index (χ2n) is 9.84. The maximum absolute atomic E-state index is 13.8. The molecule has 3 aliphatic rings. The molecule has 3 unspecified atom stereocenters. The summed E-state index contributed by atoms with van der Waals surface area (Å²) in [4.78, 5) is 14.9. The fourth-order valence-electron chi connectivity index (χ4n) is 5.60. The number of pyridine rings is 1. The van der Waals surface area contributed by atoms with Crippen molar-refractivity contribution in [3.8, 4) is 5.88 Å². The maximum Gasteiger partial charge on any atom is 0.245 e. The molecule has 2 aromatic heterocycles. The third-order valence-corrected chi connectivity index (χ3v) is 9.40. The topological polar surface area (TPSA) is 145 Å². The summed E-state index contributed by atoms with van der Waals surface area (Å²) in [6, 6.07) is 2.29. The van der Waals surface area contributed by atoms with E-state index in [0.29, 0.717) is 36.9 Å². The molecule has 4 N–H and O–H groups in total. The molecule has 5 heterocycles. The lowest BCUT2D eigenvalue weighted by atomic mass is 9.83. The van der Waals surface area contributed by atoms with E-state index >= 15 is 0 Å². The number of hydrogen-bond acceptors (Lipinski definition) is 11. The first-order valence-corrected chi connectivity index (χ1v) is 13.9. The van der Waals surface area contributed by atoms with Gasteiger partial charge in [0.05, 0.1) is 26.1 Å². The van der Waals surface area contributed by atoms with Gasteiger partial charge in [0, 0.05) is 49.9 Å². The molecule has 37 heavy (non-hydrogen) atoms. The number of rotatable bonds is 8. The van der Waals surface area contributed by atoms with Gasteiger partial charge in [-0.15, -0.1) is 0 Å². The lowest BCUT2D eigenvalue weighted by molar-refractivity contribution is 0.109. The predicted octanol–water partition coefficient (Wildman–Crippen LogP) is 0.827. The Kier molecular flexibility index (Phi) is 7.45. The zero-order valence-corrected chi connectivity index (χ0v) is 21.7. The molecule has 0 radical (unpaired) electrons. The molecule has 3 saturated heterocycles. The Morgan fingerprint density at radius 1 is 1.19 bits per heavy atom. The summed E-state index contributed by atoms with van der Waals surface area (Å²) in [6.45, 7) is 0.0265. The van der Waals surface area contributed by atoms with Gasteiger partial charge in [-0.3, -0.25) is 10.4 Å². The van der Waals surface area contributed by atoms with Gasteiger partial charge in [0.1, 0.15) is 16.5 Å². The molecule has 0 aromatic carbocycles. The Labute approximate surface area is 215 Å². The zero-order chi connectivity index (χ0) is 26.2. The van der Waals surface area contributed by atoms with Gasteiger partial charge >= 0.3 is 0 Å². The van der Waals surface area contributed by atoms with Crippen LogP contribution in [-0.2, 0) is 10.0 Å². The van der Waals surface area contributed by atoms with Gasteiger partial charge in [-0.1, -0.05) is 6.42 Å². The number of nitrogens with one attached hydrogen (secondary N) is 3. The van der Waals surface area contributed by atoms with Gasteiger partial charge < -0.3 is 20.1 Å². The van der Waals surface area contributed by atoms with Crippen molar-refractivity contribution in [2.45, 2.75) is 73.8 Å². The Morgan fingerprint density at radius 3 is 2.59 bits per heavy atom. The largest absolute Gasteiger partial charge is 0.481 e. The monoisotopic (exact) mass is 536 g/mol. The van der Waals surface area contributed by atoms with Crippen molar-refractivity contribution >= 4 is 21.8 Å². The summed E-state index contributed by atoms with van der Waals surface area (Å²) in [7, 11) is -0.418. The molecule has 0 amide bonds. The van der Waals surface area contributed by atoms with Crippen molar-refractivity contribution in [3.63, 3.8) is 0 Å². The number of aliphatic hydroxyl groups is 1. The normalized spacial score (nSPS) is 28.2. The number of halogens is 1. The van der Waals surface area contributed by atoms with Crippen molar-refractivity contribution in [2.75, 3.05) is 31.0 Å². The standard InChI is InChI=1S/C23H33FN8O4S/c1-31(23-27-20(10-22(28-23)36-2)26-21-7-15(13-33)29-30-21)18-8-16-4-3-5-17(9-18)32(16)37(34,35)19-6-14(24)11-25-12-19/h6,10-12,15-18,21,29-30,33H,3-5,7-9,13H2,1-2H3,(H,26,27,28)/t15?,16-,17+,18?,21?. The Morgan fingerprint density at radius 2 is 1.95 bits per heavy atom. The van der Waals surface area contributed by atoms with E-state index in [9.17, 15) is 17.9 Å². The molecule has 5 rings (SSSR count). The number of fused-ring (bicyclic) bond motifs is 2. The number of anilines is 2. The molecule has 5 atom stereocenters. The molecule has 3 fully saturated rings. The highest BCUT2D eigenvalue weighted by Gasteiger charge is 2.46. The number of methoxy groups -OCH3 is 1. The Hall–Kier alpha value is -2.65. The summed E-state index contributed by atoms with van der Waals surface area (Å²) < 4.78 is 47.7. The molecule has 2 aromatic rings. The molecular formula is C23H33FN8O4S. The maximum atomic E-state index is 13.8. The third kappa shape index (κ3) is 5.34. The van der Waals surface area contributed by atoms with Crippen LogP contribution in [-0.4, -0.2) is 83.9 Å². The summed E-state index contributed by atoms with van der Waals surface area (Å²) in [5.41, 5.74) is 6.11. The summed E-state index contributed by atoms with van der Waals surface area (Å²) in [5.74, 6) is 0.782. The highest BCUT2D eigenvalue weighted by atomic mass is 32.2. The molecule has 12 nitrogen and oxygen atoms in total. The number of sulfonamides is 1. The molecule has 0 spiro atoms.